The summed E-state index contributed by atoms with van der Waals surface area (Å²) in [4.78, 5) is 4.47. The second kappa shape index (κ2) is 6.78. The van der Waals surface area contributed by atoms with Crippen LogP contribution in [0.1, 0.15) is 43.3 Å². The second-order valence-corrected chi connectivity index (χ2v) is 7.84. The van der Waals surface area contributed by atoms with E-state index in [0.29, 0.717) is 11.3 Å². The summed E-state index contributed by atoms with van der Waals surface area (Å²) in [5, 5.41) is 7.13. The lowest BCUT2D eigenvalue weighted by Crippen LogP contribution is -2.44. The molecule has 5 heteroatoms. The maximum atomic E-state index is 12.1. The van der Waals surface area contributed by atoms with Crippen LogP contribution in [-0.2, 0) is 17.3 Å². The Morgan fingerprint density at radius 3 is 2.94 bits per heavy atom. The number of aryl methyl sites for hydroxylation is 1. The molecule has 0 amide bonds. The lowest BCUT2D eigenvalue weighted by molar-refractivity contribution is 0.376. The van der Waals surface area contributed by atoms with Crippen molar-refractivity contribution < 1.29 is 4.21 Å². The van der Waals surface area contributed by atoms with E-state index in [1.54, 1.807) is 11.3 Å². The highest BCUT2D eigenvalue weighted by Crippen LogP contribution is 2.23. The minimum Gasteiger partial charge on any atom is -0.307 e. The zero-order valence-corrected chi connectivity index (χ0v) is 12.8. The fourth-order valence-electron chi connectivity index (χ4n) is 2.58. The number of hydrogen-bond acceptors (Lipinski definition) is 4. The van der Waals surface area contributed by atoms with E-state index in [4.69, 9.17) is 0 Å². The number of rotatable bonds is 5. The van der Waals surface area contributed by atoms with Crippen molar-refractivity contribution in [3.05, 3.63) is 16.1 Å². The Bertz CT molecular complexity index is 405. The zero-order valence-electron chi connectivity index (χ0n) is 11.1. The summed E-state index contributed by atoms with van der Waals surface area (Å²) in [6, 6.07) is 0.404. The topological polar surface area (TPSA) is 42.0 Å². The molecule has 3 atom stereocenters. The summed E-state index contributed by atoms with van der Waals surface area (Å²) in [7, 11) is -0.676. The Morgan fingerprint density at radius 1 is 1.50 bits per heavy atom. The van der Waals surface area contributed by atoms with Gasteiger partial charge < -0.3 is 5.32 Å². The number of nitrogens with one attached hydrogen (secondary N) is 1. The maximum absolute atomic E-state index is 12.1. The minimum atomic E-state index is -0.676. The van der Waals surface area contributed by atoms with Gasteiger partial charge in [0.25, 0.3) is 0 Å². The van der Waals surface area contributed by atoms with Crippen LogP contribution in [0.4, 0.5) is 0 Å². The van der Waals surface area contributed by atoms with Crippen molar-refractivity contribution in [3.63, 3.8) is 0 Å². The molecule has 2 rings (SSSR count). The molecule has 0 saturated heterocycles. The van der Waals surface area contributed by atoms with E-state index in [9.17, 15) is 4.21 Å². The van der Waals surface area contributed by atoms with Crippen LogP contribution in [0.25, 0.3) is 0 Å². The number of aromatic nitrogens is 1. The Labute approximate surface area is 116 Å². The molecule has 1 heterocycles. The van der Waals surface area contributed by atoms with E-state index in [1.807, 2.05) is 13.8 Å². The van der Waals surface area contributed by atoms with Gasteiger partial charge in [0.1, 0.15) is 0 Å². The Kier molecular flexibility index (Phi) is 5.33. The molecule has 1 aromatic heterocycles. The number of hydrogen-bond donors (Lipinski definition) is 1. The minimum absolute atomic E-state index is 0.337. The van der Waals surface area contributed by atoms with E-state index < -0.39 is 10.8 Å². The summed E-state index contributed by atoms with van der Waals surface area (Å²) < 4.78 is 12.1. The second-order valence-electron chi connectivity index (χ2n) is 4.84. The van der Waals surface area contributed by atoms with Gasteiger partial charge in [0, 0.05) is 34.5 Å². The third-order valence-electron chi connectivity index (χ3n) is 3.54. The average molecular weight is 286 g/mol. The largest absolute Gasteiger partial charge is 0.307 e. The van der Waals surface area contributed by atoms with Gasteiger partial charge in [-0.05, 0) is 19.8 Å². The fourth-order valence-corrected chi connectivity index (χ4v) is 4.65. The van der Waals surface area contributed by atoms with Crippen LogP contribution < -0.4 is 5.32 Å². The lowest BCUT2D eigenvalue weighted by Gasteiger charge is -2.31. The third-order valence-corrected chi connectivity index (χ3v) is 6.17. The molecule has 0 bridgehead atoms. The summed E-state index contributed by atoms with van der Waals surface area (Å²) in [5.41, 5.74) is 1.11. The highest BCUT2D eigenvalue weighted by atomic mass is 32.2. The van der Waals surface area contributed by atoms with Crippen LogP contribution in [0.3, 0.4) is 0 Å². The van der Waals surface area contributed by atoms with Gasteiger partial charge in [0.2, 0.25) is 0 Å². The van der Waals surface area contributed by atoms with Crippen molar-refractivity contribution >= 4 is 22.1 Å². The van der Waals surface area contributed by atoms with Gasteiger partial charge in [0.05, 0.1) is 16.0 Å². The van der Waals surface area contributed by atoms with Crippen LogP contribution in [-0.4, -0.2) is 26.2 Å². The predicted molar refractivity (Wildman–Crippen MR) is 78.4 cm³/mol. The molecule has 1 fully saturated rings. The Hall–Kier alpha value is -0.260. The Morgan fingerprint density at radius 2 is 2.28 bits per heavy atom. The van der Waals surface area contributed by atoms with Gasteiger partial charge in [-0.2, -0.15) is 0 Å². The van der Waals surface area contributed by atoms with Crippen LogP contribution in [0.5, 0.6) is 0 Å². The Balaban J connectivity index is 1.91. The van der Waals surface area contributed by atoms with Gasteiger partial charge in [-0.3, -0.25) is 4.21 Å². The molecule has 1 aliphatic rings. The molecule has 1 aromatic rings. The average Bonchev–Trinajstić information content (AvgIpc) is 2.81. The first-order chi connectivity index (χ1) is 8.70. The molecule has 0 aliphatic heterocycles. The van der Waals surface area contributed by atoms with E-state index in [2.05, 4.69) is 15.7 Å². The highest BCUT2D eigenvalue weighted by molar-refractivity contribution is 7.85. The predicted octanol–water partition coefficient (Wildman–Crippen LogP) is 2.62. The highest BCUT2D eigenvalue weighted by Gasteiger charge is 2.28. The van der Waals surface area contributed by atoms with E-state index in [1.165, 1.54) is 12.8 Å². The first kappa shape index (κ1) is 14.2. The standard InChI is InChI=1S/C13H22N2OS2/c1-3-18(16)13-7-5-4-6-12(13)14-8-11-9-17-10(2)15-11/h9,12-14H,3-8H2,1-2H3/t12-,13+,18+/m0/s1. The van der Waals surface area contributed by atoms with Crippen molar-refractivity contribution in [2.45, 2.75) is 57.4 Å². The van der Waals surface area contributed by atoms with Crippen molar-refractivity contribution in [1.29, 1.82) is 0 Å². The first-order valence-electron chi connectivity index (χ1n) is 6.72. The van der Waals surface area contributed by atoms with E-state index >= 15 is 0 Å². The molecule has 0 aromatic carbocycles. The zero-order chi connectivity index (χ0) is 13.0. The van der Waals surface area contributed by atoms with Crippen molar-refractivity contribution in [3.8, 4) is 0 Å². The van der Waals surface area contributed by atoms with Crippen LogP contribution in [0.2, 0.25) is 0 Å². The molecule has 1 aliphatic carbocycles. The molecular formula is C13H22N2OS2. The van der Waals surface area contributed by atoms with Gasteiger partial charge >= 0.3 is 0 Å². The molecule has 1 saturated carbocycles. The first-order valence-corrected chi connectivity index (χ1v) is 8.98. The summed E-state index contributed by atoms with van der Waals surface area (Å²) in [6.45, 7) is 4.86. The molecule has 1 N–H and O–H groups in total. The van der Waals surface area contributed by atoms with Crippen LogP contribution >= 0.6 is 11.3 Å². The lowest BCUT2D eigenvalue weighted by atomic mass is 9.95. The molecule has 102 valence electrons. The van der Waals surface area contributed by atoms with Crippen molar-refractivity contribution in [2.24, 2.45) is 0 Å². The SMILES string of the molecule is CC[S@@](=O)[C@@H]1CCCC[C@@H]1NCc1csc(C)n1. The molecule has 0 radical (unpaired) electrons. The molecule has 0 unspecified atom stereocenters. The van der Waals surface area contributed by atoms with Gasteiger partial charge in [-0.25, -0.2) is 4.98 Å². The van der Waals surface area contributed by atoms with Crippen LogP contribution in [0.15, 0.2) is 5.38 Å². The van der Waals surface area contributed by atoms with Gasteiger partial charge in [-0.1, -0.05) is 19.8 Å². The smallest absolute Gasteiger partial charge is 0.0897 e. The van der Waals surface area contributed by atoms with Gasteiger partial charge in [-0.15, -0.1) is 11.3 Å². The van der Waals surface area contributed by atoms with Crippen molar-refractivity contribution in [2.75, 3.05) is 5.75 Å². The summed E-state index contributed by atoms with van der Waals surface area (Å²) in [5.74, 6) is 0.776. The van der Waals surface area contributed by atoms with Gasteiger partial charge in [0.15, 0.2) is 0 Å². The fraction of sp³-hybridized carbons (Fsp3) is 0.769. The molecular weight excluding hydrogens is 264 g/mol. The molecule has 3 nitrogen and oxygen atoms in total. The molecule has 0 spiro atoms. The summed E-state index contributed by atoms with van der Waals surface area (Å²) >= 11 is 1.69. The summed E-state index contributed by atoms with van der Waals surface area (Å²) in [6.07, 6.45) is 4.74. The van der Waals surface area contributed by atoms with Crippen molar-refractivity contribution in [1.82, 2.24) is 10.3 Å². The number of thiazole rings is 1. The number of nitrogens with zero attached hydrogens (tertiary/aromatic N) is 1. The normalized spacial score (nSPS) is 26.1. The van der Waals surface area contributed by atoms with E-state index in [0.717, 1.165) is 35.8 Å². The quantitative estimate of drug-likeness (QED) is 0.905. The van der Waals surface area contributed by atoms with E-state index in [-0.39, 0.29) is 0 Å². The monoisotopic (exact) mass is 286 g/mol. The maximum Gasteiger partial charge on any atom is 0.0897 e. The van der Waals surface area contributed by atoms with Crippen LogP contribution in [0, 0.1) is 6.92 Å². The third kappa shape index (κ3) is 3.62. The molecule has 18 heavy (non-hydrogen) atoms.